The number of rotatable bonds is 11. The van der Waals surface area contributed by atoms with Gasteiger partial charge in [0.1, 0.15) is 21.8 Å². The number of carbonyl (C=O) groups excluding carboxylic acids is 1. The van der Waals surface area contributed by atoms with Gasteiger partial charge in [0.05, 0.1) is 19.1 Å². The van der Waals surface area contributed by atoms with Gasteiger partial charge in [0.2, 0.25) is 0 Å². The van der Waals surface area contributed by atoms with Gasteiger partial charge in [-0.1, -0.05) is 43.0 Å². The average molecular weight is 539 g/mol. The second-order valence-electron chi connectivity index (χ2n) is 8.28. The van der Waals surface area contributed by atoms with Crippen LogP contribution in [0.2, 0.25) is 0 Å². The van der Waals surface area contributed by atoms with Gasteiger partial charge in [-0.15, -0.1) is 6.58 Å². The van der Waals surface area contributed by atoms with Crippen LogP contribution in [-0.4, -0.2) is 47.0 Å². The molecular formula is C27H30N4O4S2. The van der Waals surface area contributed by atoms with E-state index < -0.39 is 0 Å². The van der Waals surface area contributed by atoms with Crippen molar-refractivity contribution in [1.82, 2.24) is 9.47 Å². The Labute approximate surface area is 226 Å². The Kier molecular flexibility index (Phi) is 9.55. The van der Waals surface area contributed by atoms with Crippen molar-refractivity contribution in [2.75, 3.05) is 32.6 Å². The first-order valence-electron chi connectivity index (χ1n) is 11.8. The van der Waals surface area contributed by atoms with Crippen LogP contribution in [0.5, 0.6) is 11.5 Å². The van der Waals surface area contributed by atoms with Crippen LogP contribution in [-0.2, 0) is 17.8 Å². The number of nitriles is 1. The van der Waals surface area contributed by atoms with Gasteiger partial charge < -0.3 is 14.8 Å². The summed E-state index contributed by atoms with van der Waals surface area (Å²) in [5, 5.41) is 13.2. The fraction of sp³-hybridized carbons (Fsp3) is 0.333. The van der Waals surface area contributed by atoms with Gasteiger partial charge in [-0.2, -0.15) is 5.26 Å². The Morgan fingerprint density at radius 3 is 2.59 bits per heavy atom. The van der Waals surface area contributed by atoms with Crippen molar-refractivity contribution >= 4 is 46.1 Å². The van der Waals surface area contributed by atoms with Crippen molar-refractivity contribution in [3.05, 3.63) is 68.4 Å². The molecule has 0 unspecified atom stereocenters. The minimum absolute atomic E-state index is 0.0618. The van der Waals surface area contributed by atoms with Crippen LogP contribution in [0, 0.1) is 18.3 Å². The van der Waals surface area contributed by atoms with E-state index in [0.717, 1.165) is 5.56 Å². The predicted molar refractivity (Wildman–Crippen MR) is 152 cm³/mol. The molecule has 1 aliphatic heterocycles. The quantitative estimate of drug-likeness (QED) is 0.254. The van der Waals surface area contributed by atoms with E-state index in [2.05, 4.69) is 18.0 Å². The highest BCUT2D eigenvalue weighted by molar-refractivity contribution is 8.26. The molecule has 37 heavy (non-hydrogen) atoms. The molecule has 0 aliphatic carbocycles. The Balaban J connectivity index is 2.04. The maximum atomic E-state index is 13.2. The van der Waals surface area contributed by atoms with E-state index in [4.69, 9.17) is 21.7 Å². The molecule has 0 radical (unpaired) electrons. The van der Waals surface area contributed by atoms with Gasteiger partial charge in [-0.3, -0.25) is 19.1 Å². The Bertz CT molecular complexity index is 1360. The molecule has 0 spiro atoms. The number of thiocarbonyl (C=S) groups is 1. The number of amides is 1. The zero-order valence-corrected chi connectivity index (χ0v) is 23.1. The summed E-state index contributed by atoms with van der Waals surface area (Å²) in [5.74, 6) is 1.63. The maximum absolute atomic E-state index is 13.2. The summed E-state index contributed by atoms with van der Waals surface area (Å²) in [6.45, 7) is 8.62. The van der Waals surface area contributed by atoms with Gasteiger partial charge in [-0.05, 0) is 49.1 Å². The molecule has 2 heterocycles. The third-order valence-corrected chi connectivity index (χ3v) is 7.31. The lowest BCUT2D eigenvalue weighted by Crippen LogP contribution is -2.29. The van der Waals surface area contributed by atoms with E-state index in [0.29, 0.717) is 70.1 Å². The van der Waals surface area contributed by atoms with Crippen molar-refractivity contribution in [2.24, 2.45) is 0 Å². The van der Waals surface area contributed by atoms with Crippen LogP contribution >= 0.6 is 24.0 Å². The zero-order chi connectivity index (χ0) is 27.1. The maximum Gasteiger partial charge on any atom is 0.270 e. The molecule has 1 amide bonds. The predicted octanol–water partition coefficient (Wildman–Crippen LogP) is 4.50. The normalized spacial score (nSPS) is 14.1. The highest BCUT2D eigenvalue weighted by Gasteiger charge is 2.32. The number of hydrogen-bond donors (Lipinski definition) is 1. The number of ether oxygens (including phenoxy) is 2. The number of aromatic nitrogens is 1. The van der Waals surface area contributed by atoms with Crippen molar-refractivity contribution in [3.8, 4) is 17.6 Å². The monoisotopic (exact) mass is 538 g/mol. The van der Waals surface area contributed by atoms with E-state index in [1.165, 1.54) is 16.7 Å². The average Bonchev–Trinajstić information content (AvgIpc) is 3.16. The third kappa shape index (κ3) is 5.89. The van der Waals surface area contributed by atoms with Gasteiger partial charge >= 0.3 is 0 Å². The summed E-state index contributed by atoms with van der Waals surface area (Å²) in [7, 11) is 3.18. The molecule has 194 valence electrons. The summed E-state index contributed by atoms with van der Waals surface area (Å²) in [6.07, 6.45) is 4.68. The number of methoxy groups -OCH3 is 2. The molecule has 10 heteroatoms. The number of pyridine rings is 1. The van der Waals surface area contributed by atoms with Crippen LogP contribution in [0.25, 0.3) is 6.08 Å². The minimum atomic E-state index is -0.355. The van der Waals surface area contributed by atoms with Crippen molar-refractivity contribution in [1.29, 1.82) is 5.26 Å². The molecule has 1 aromatic carbocycles. The van der Waals surface area contributed by atoms with Crippen molar-refractivity contribution < 1.29 is 14.3 Å². The number of thioether (sulfide) groups is 1. The number of hydrogen-bond acceptors (Lipinski definition) is 8. The van der Waals surface area contributed by atoms with Gasteiger partial charge in [-0.25, -0.2) is 0 Å². The summed E-state index contributed by atoms with van der Waals surface area (Å²) in [5.41, 5.74) is 1.86. The van der Waals surface area contributed by atoms with Crippen LogP contribution in [0.1, 0.15) is 35.6 Å². The molecule has 1 saturated heterocycles. The zero-order valence-electron chi connectivity index (χ0n) is 21.4. The van der Waals surface area contributed by atoms with Crippen molar-refractivity contribution in [3.63, 3.8) is 0 Å². The minimum Gasteiger partial charge on any atom is -0.493 e. The lowest BCUT2D eigenvalue weighted by molar-refractivity contribution is -0.121. The second kappa shape index (κ2) is 12.6. The Morgan fingerprint density at radius 2 is 1.97 bits per heavy atom. The molecule has 2 aromatic rings. The fourth-order valence-corrected chi connectivity index (χ4v) is 5.33. The SMILES string of the molecule is C=CCN1C(=O)/C(=C\c2c(C)c(C#N)c(=O)n(CCC)c2NCCc2ccc(OC)c(OC)c2)SC1=S. The standard InChI is InChI=1S/C27H30N4O4S2/c1-6-12-30-24(29-11-10-18-8-9-21(34-4)22(14-18)35-5)19(17(3)20(16-28)25(30)32)15-23-26(33)31(13-7-2)27(36)37-23/h7-9,14-15,29H,2,6,10-13H2,1,3-5H3/b23-15+. The molecule has 8 nitrogen and oxygen atoms in total. The molecule has 0 saturated carbocycles. The summed E-state index contributed by atoms with van der Waals surface area (Å²) >= 11 is 6.57. The van der Waals surface area contributed by atoms with Crippen LogP contribution in [0.15, 0.2) is 40.6 Å². The Hall–Kier alpha value is -3.55. The number of benzene rings is 1. The smallest absolute Gasteiger partial charge is 0.270 e. The largest absolute Gasteiger partial charge is 0.493 e. The fourth-order valence-electron chi connectivity index (χ4n) is 4.07. The summed E-state index contributed by atoms with van der Waals surface area (Å²) in [4.78, 5) is 28.1. The molecule has 1 aliphatic rings. The lowest BCUT2D eigenvalue weighted by Gasteiger charge is -2.20. The highest BCUT2D eigenvalue weighted by Crippen LogP contribution is 2.35. The molecular weight excluding hydrogens is 508 g/mol. The van der Waals surface area contributed by atoms with E-state index in [9.17, 15) is 14.9 Å². The number of nitrogens with one attached hydrogen (secondary N) is 1. The molecule has 3 rings (SSSR count). The van der Waals surface area contributed by atoms with E-state index in [1.807, 2.05) is 25.1 Å². The molecule has 1 N–H and O–H groups in total. The summed E-state index contributed by atoms with van der Waals surface area (Å²) < 4.78 is 12.7. The van der Waals surface area contributed by atoms with Gasteiger partial charge in [0.15, 0.2) is 11.5 Å². The Morgan fingerprint density at radius 1 is 1.24 bits per heavy atom. The van der Waals surface area contributed by atoms with E-state index in [-0.39, 0.29) is 17.0 Å². The van der Waals surface area contributed by atoms with E-state index in [1.54, 1.807) is 37.9 Å². The topological polar surface area (TPSA) is 96.6 Å². The van der Waals surface area contributed by atoms with Crippen LogP contribution in [0.3, 0.4) is 0 Å². The molecule has 1 fully saturated rings. The van der Waals surface area contributed by atoms with Crippen molar-refractivity contribution in [2.45, 2.75) is 33.2 Å². The second-order valence-corrected chi connectivity index (χ2v) is 9.95. The highest BCUT2D eigenvalue weighted by atomic mass is 32.2. The first kappa shape index (κ1) is 28.0. The first-order valence-corrected chi connectivity index (χ1v) is 13.0. The number of carbonyl (C=O) groups is 1. The number of nitrogens with zero attached hydrogens (tertiary/aromatic N) is 3. The van der Waals surface area contributed by atoms with Crippen LogP contribution in [0.4, 0.5) is 5.82 Å². The third-order valence-electron chi connectivity index (χ3n) is 5.94. The van der Waals surface area contributed by atoms with Gasteiger partial charge in [0.25, 0.3) is 11.5 Å². The first-order chi connectivity index (χ1) is 17.8. The summed E-state index contributed by atoms with van der Waals surface area (Å²) in [6, 6.07) is 7.77. The molecule has 1 aromatic heterocycles. The van der Waals surface area contributed by atoms with Crippen LogP contribution < -0.4 is 20.3 Å². The molecule has 0 bridgehead atoms. The van der Waals surface area contributed by atoms with Gasteiger partial charge in [0, 0.05) is 25.2 Å². The van der Waals surface area contributed by atoms with E-state index >= 15 is 0 Å². The lowest BCUT2D eigenvalue weighted by atomic mass is 10.0. The number of anilines is 1. The molecule has 0 atom stereocenters.